The lowest BCUT2D eigenvalue weighted by molar-refractivity contribution is -0.114. The number of hydrogen-bond acceptors (Lipinski definition) is 5. The third-order valence-electron chi connectivity index (χ3n) is 5.97. The second-order valence-electron chi connectivity index (χ2n) is 8.30. The number of rotatable bonds is 6. The number of aryl methyl sites for hydroxylation is 2. The van der Waals surface area contributed by atoms with Crippen LogP contribution in [0, 0.1) is 19.3 Å². The SMILES string of the molecule is CCc1ccc(-n2c(C)cc(C=C3C(=N)N4N=C(COc5ccccc5)SC4=NC3=O)c2C)cc1. The van der Waals surface area contributed by atoms with Gasteiger partial charge in [0.2, 0.25) is 5.17 Å². The van der Waals surface area contributed by atoms with E-state index in [1.807, 2.05) is 50.2 Å². The van der Waals surface area contributed by atoms with E-state index in [-0.39, 0.29) is 18.0 Å². The summed E-state index contributed by atoms with van der Waals surface area (Å²) in [7, 11) is 0. The van der Waals surface area contributed by atoms with E-state index in [0.29, 0.717) is 10.2 Å². The average Bonchev–Trinajstić information content (AvgIpc) is 3.40. The molecule has 0 radical (unpaired) electrons. The van der Waals surface area contributed by atoms with Gasteiger partial charge in [-0.2, -0.15) is 15.1 Å². The van der Waals surface area contributed by atoms with E-state index in [9.17, 15) is 4.79 Å². The van der Waals surface area contributed by atoms with Gasteiger partial charge in [-0.1, -0.05) is 37.3 Å². The summed E-state index contributed by atoms with van der Waals surface area (Å²) < 4.78 is 7.92. The molecule has 3 aromatic rings. The van der Waals surface area contributed by atoms with Crippen LogP contribution in [0.2, 0.25) is 0 Å². The standard InChI is InChI=1S/C27H25N5O2S/c1-4-19-10-12-21(13-11-19)31-17(2)14-20(18(31)3)15-23-25(28)32-27(29-26(23)33)35-24(30-32)16-34-22-8-6-5-7-9-22/h5-15,28H,4,16H2,1-3H3. The summed E-state index contributed by atoms with van der Waals surface area (Å²) >= 11 is 1.25. The average molecular weight is 484 g/mol. The van der Waals surface area contributed by atoms with Crippen LogP contribution in [0.5, 0.6) is 5.75 Å². The van der Waals surface area contributed by atoms with E-state index in [1.54, 1.807) is 6.08 Å². The highest BCUT2D eigenvalue weighted by Gasteiger charge is 2.36. The summed E-state index contributed by atoms with van der Waals surface area (Å²) in [5.74, 6) is 0.305. The molecular formula is C27H25N5O2S. The van der Waals surface area contributed by atoms with Crippen molar-refractivity contribution in [3.63, 3.8) is 0 Å². The Morgan fingerprint density at radius 3 is 2.54 bits per heavy atom. The molecule has 5 rings (SSSR count). The van der Waals surface area contributed by atoms with Gasteiger partial charge >= 0.3 is 0 Å². The van der Waals surface area contributed by atoms with Crippen LogP contribution in [0.25, 0.3) is 11.8 Å². The van der Waals surface area contributed by atoms with Crippen LogP contribution in [0.15, 0.2) is 76.3 Å². The lowest BCUT2D eigenvalue weighted by atomic mass is 10.1. The molecule has 1 aromatic heterocycles. The van der Waals surface area contributed by atoms with E-state index in [2.05, 4.69) is 45.9 Å². The fraction of sp³-hybridized carbons (Fsp3) is 0.185. The summed E-state index contributed by atoms with van der Waals surface area (Å²) in [6.07, 6.45) is 2.73. The summed E-state index contributed by atoms with van der Waals surface area (Å²) in [5, 5.41) is 15.6. The Hall–Kier alpha value is -3.91. The van der Waals surface area contributed by atoms with Crippen molar-refractivity contribution in [3.8, 4) is 11.4 Å². The second-order valence-corrected chi connectivity index (χ2v) is 9.34. The monoisotopic (exact) mass is 483 g/mol. The molecule has 0 spiro atoms. The minimum absolute atomic E-state index is 0.0133. The third kappa shape index (κ3) is 4.44. The minimum Gasteiger partial charge on any atom is -0.487 e. The van der Waals surface area contributed by atoms with E-state index in [1.165, 1.54) is 22.3 Å². The highest BCUT2D eigenvalue weighted by molar-refractivity contribution is 8.27. The predicted molar refractivity (Wildman–Crippen MR) is 142 cm³/mol. The number of hydrazone groups is 1. The van der Waals surface area contributed by atoms with Gasteiger partial charge in [-0.15, -0.1) is 0 Å². The molecular weight excluding hydrogens is 458 g/mol. The molecule has 0 fully saturated rings. The van der Waals surface area contributed by atoms with Gasteiger partial charge in [-0.05, 0) is 79.6 Å². The Morgan fingerprint density at radius 2 is 1.83 bits per heavy atom. The molecule has 2 aliphatic rings. The molecule has 0 bridgehead atoms. The van der Waals surface area contributed by atoms with Crippen LogP contribution in [0.4, 0.5) is 0 Å². The number of amidine groups is 2. The Morgan fingerprint density at radius 1 is 1.09 bits per heavy atom. The van der Waals surface area contributed by atoms with Crippen molar-refractivity contribution in [1.82, 2.24) is 9.58 Å². The number of thioether (sulfide) groups is 1. The molecule has 7 nitrogen and oxygen atoms in total. The molecule has 8 heteroatoms. The Balaban J connectivity index is 1.40. The van der Waals surface area contributed by atoms with Crippen molar-refractivity contribution in [2.24, 2.45) is 10.1 Å². The van der Waals surface area contributed by atoms with Crippen LogP contribution in [-0.2, 0) is 11.2 Å². The van der Waals surface area contributed by atoms with Crippen molar-refractivity contribution >= 4 is 39.8 Å². The van der Waals surface area contributed by atoms with Gasteiger partial charge in [0.25, 0.3) is 5.91 Å². The Bertz CT molecular complexity index is 1400. The minimum atomic E-state index is -0.439. The van der Waals surface area contributed by atoms with Gasteiger partial charge in [0.05, 0.1) is 5.57 Å². The van der Waals surface area contributed by atoms with E-state index in [0.717, 1.165) is 34.8 Å². The number of carbonyl (C=O) groups is 1. The number of para-hydroxylation sites is 1. The molecule has 1 amide bonds. The number of benzene rings is 2. The first-order chi connectivity index (χ1) is 16.9. The van der Waals surface area contributed by atoms with E-state index in [4.69, 9.17) is 10.1 Å². The highest BCUT2D eigenvalue weighted by atomic mass is 32.2. The van der Waals surface area contributed by atoms with Crippen LogP contribution in [0.1, 0.15) is 29.4 Å². The van der Waals surface area contributed by atoms with E-state index >= 15 is 0 Å². The first kappa shape index (κ1) is 22.9. The number of nitrogens with zero attached hydrogens (tertiary/aromatic N) is 4. The number of ether oxygens (including phenoxy) is 1. The first-order valence-corrected chi connectivity index (χ1v) is 12.2. The number of hydrogen-bond donors (Lipinski definition) is 1. The first-order valence-electron chi connectivity index (χ1n) is 11.4. The zero-order valence-corrected chi connectivity index (χ0v) is 20.6. The van der Waals surface area contributed by atoms with Crippen molar-refractivity contribution in [2.45, 2.75) is 27.2 Å². The van der Waals surface area contributed by atoms with E-state index < -0.39 is 5.91 Å². The fourth-order valence-electron chi connectivity index (χ4n) is 4.12. The predicted octanol–water partition coefficient (Wildman–Crippen LogP) is 5.35. The maximum atomic E-state index is 12.9. The highest BCUT2D eigenvalue weighted by Crippen LogP contribution is 2.30. The Kier molecular flexibility index (Phi) is 6.13. The van der Waals surface area contributed by atoms with Crippen LogP contribution in [-0.4, -0.2) is 38.1 Å². The molecule has 3 heterocycles. The van der Waals surface area contributed by atoms with Crippen molar-refractivity contribution in [2.75, 3.05) is 6.61 Å². The maximum Gasteiger partial charge on any atom is 0.283 e. The smallest absolute Gasteiger partial charge is 0.283 e. The summed E-state index contributed by atoms with van der Waals surface area (Å²) in [6.45, 7) is 6.43. The molecule has 35 heavy (non-hydrogen) atoms. The number of amides is 1. The lowest BCUT2D eigenvalue weighted by Gasteiger charge is -2.20. The van der Waals surface area contributed by atoms with Crippen molar-refractivity contribution < 1.29 is 9.53 Å². The zero-order chi connectivity index (χ0) is 24.5. The largest absolute Gasteiger partial charge is 0.487 e. The molecule has 0 saturated carbocycles. The van der Waals surface area contributed by atoms with Gasteiger partial charge in [0.1, 0.15) is 17.4 Å². The van der Waals surface area contributed by atoms with Gasteiger partial charge in [0, 0.05) is 17.1 Å². The van der Waals surface area contributed by atoms with Crippen LogP contribution in [0.3, 0.4) is 0 Å². The van der Waals surface area contributed by atoms with Gasteiger partial charge in [-0.25, -0.2) is 0 Å². The number of nitrogens with one attached hydrogen (secondary N) is 1. The molecule has 0 saturated heterocycles. The molecule has 2 aliphatic heterocycles. The normalized spacial score (nSPS) is 16.4. The second kappa shape index (κ2) is 9.38. The summed E-state index contributed by atoms with van der Waals surface area (Å²) in [6, 6.07) is 19.9. The molecule has 0 unspecified atom stereocenters. The molecule has 2 aromatic carbocycles. The van der Waals surface area contributed by atoms with Gasteiger partial charge in [-0.3, -0.25) is 10.2 Å². The van der Waals surface area contributed by atoms with Crippen LogP contribution < -0.4 is 4.74 Å². The number of carbonyl (C=O) groups excluding carboxylic acids is 1. The molecule has 0 atom stereocenters. The van der Waals surface area contributed by atoms with Crippen LogP contribution >= 0.6 is 11.8 Å². The quantitative estimate of drug-likeness (QED) is 0.479. The lowest BCUT2D eigenvalue weighted by Crippen LogP contribution is -2.35. The van der Waals surface area contributed by atoms with Gasteiger partial charge < -0.3 is 9.30 Å². The van der Waals surface area contributed by atoms with Gasteiger partial charge in [0.15, 0.2) is 5.84 Å². The summed E-state index contributed by atoms with van der Waals surface area (Å²) in [5.41, 5.74) is 5.47. The Labute approximate surface area is 208 Å². The zero-order valence-electron chi connectivity index (χ0n) is 19.8. The molecule has 176 valence electrons. The molecule has 0 aliphatic carbocycles. The fourth-order valence-corrected chi connectivity index (χ4v) is 4.92. The summed E-state index contributed by atoms with van der Waals surface area (Å²) in [4.78, 5) is 17.0. The number of aliphatic imine (C=N–C) groups is 1. The topological polar surface area (TPSA) is 83.0 Å². The third-order valence-corrected chi connectivity index (χ3v) is 6.86. The molecule has 1 N–H and O–H groups in total. The number of fused-ring (bicyclic) bond motifs is 1. The maximum absolute atomic E-state index is 12.9. The van der Waals surface area contributed by atoms with Crippen molar-refractivity contribution in [1.29, 1.82) is 5.41 Å². The van der Waals surface area contributed by atoms with Crippen molar-refractivity contribution in [3.05, 3.63) is 88.8 Å². The number of aromatic nitrogens is 1.